The van der Waals surface area contributed by atoms with Gasteiger partial charge in [0.1, 0.15) is 19.0 Å². The number of nitrogens with one attached hydrogen (secondary N) is 1. The Balaban J connectivity index is 1.45. The van der Waals surface area contributed by atoms with Gasteiger partial charge in [-0.15, -0.1) is 0 Å². The number of methoxy groups -OCH3 is 1. The quantitative estimate of drug-likeness (QED) is 0.545. The van der Waals surface area contributed by atoms with Gasteiger partial charge in [0.25, 0.3) is 15.9 Å². The highest BCUT2D eigenvalue weighted by Crippen LogP contribution is 2.33. The van der Waals surface area contributed by atoms with Crippen molar-refractivity contribution in [3.63, 3.8) is 0 Å². The van der Waals surface area contributed by atoms with Crippen LogP contribution in [-0.2, 0) is 10.0 Å². The number of carbonyl (C=O) groups is 1. The molecule has 0 aromatic heterocycles. The molecule has 0 saturated heterocycles. The van der Waals surface area contributed by atoms with Crippen LogP contribution in [0, 0.1) is 0 Å². The largest absolute Gasteiger partial charge is 0.497 e. The molecule has 3 aromatic carbocycles. The minimum absolute atomic E-state index is 0.0601. The maximum Gasteiger partial charge on any atom is 0.262 e. The minimum Gasteiger partial charge on any atom is -0.497 e. The number of anilines is 1. The van der Waals surface area contributed by atoms with Gasteiger partial charge >= 0.3 is 0 Å². The Labute approximate surface area is 199 Å². The van der Waals surface area contributed by atoms with Crippen LogP contribution in [0.3, 0.4) is 0 Å². The number of rotatable bonds is 7. The molecule has 34 heavy (non-hydrogen) atoms. The molecule has 0 fully saturated rings. The average Bonchev–Trinajstić information content (AvgIpc) is 2.87. The van der Waals surface area contributed by atoms with Gasteiger partial charge in [-0.25, -0.2) is 8.42 Å². The molecule has 1 atom stereocenters. The van der Waals surface area contributed by atoms with Gasteiger partial charge in [-0.2, -0.15) is 0 Å². The van der Waals surface area contributed by atoms with Gasteiger partial charge in [0.2, 0.25) is 0 Å². The highest BCUT2D eigenvalue weighted by molar-refractivity contribution is 7.92. The summed E-state index contributed by atoms with van der Waals surface area (Å²) in [5.41, 5.74) is 1.77. The van der Waals surface area contributed by atoms with E-state index in [1.54, 1.807) is 49.4 Å². The maximum atomic E-state index is 13.0. The second-order valence-electron chi connectivity index (χ2n) is 7.85. The Bertz CT molecular complexity index is 1270. The summed E-state index contributed by atoms with van der Waals surface area (Å²) in [6.45, 7) is 2.73. The molecule has 1 aliphatic rings. The fourth-order valence-electron chi connectivity index (χ4n) is 3.57. The summed E-state index contributed by atoms with van der Waals surface area (Å²) < 4.78 is 44.3. The van der Waals surface area contributed by atoms with Crippen LogP contribution in [0.4, 0.5) is 5.69 Å². The molecule has 0 saturated carbocycles. The molecule has 178 valence electrons. The fraction of sp³-hybridized carbons (Fsp3) is 0.240. The molecule has 0 radical (unpaired) electrons. The maximum absolute atomic E-state index is 13.0. The van der Waals surface area contributed by atoms with Gasteiger partial charge < -0.3 is 19.1 Å². The van der Waals surface area contributed by atoms with E-state index in [0.717, 1.165) is 11.3 Å². The zero-order chi connectivity index (χ0) is 24.3. The zero-order valence-electron chi connectivity index (χ0n) is 19.1. The van der Waals surface area contributed by atoms with E-state index in [9.17, 15) is 13.2 Å². The van der Waals surface area contributed by atoms with E-state index in [2.05, 4.69) is 4.72 Å². The van der Waals surface area contributed by atoms with Crippen LogP contribution in [0.2, 0.25) is 0 Å². The topological polar surface area (TPSA) is 94.2 Å². The number of benzene rings is 3. The molecule has 1 heterocycles. The number of carbonyl (C=O) groups excluding carboxylic acids is 1. The lowest BCUT2D eigenvalue weighted by Gasteiger charge is -2.25. The lowest BCUT2D eigenvalue weighted by Crippen LogP contribution is -2.29. The average molecular weight is 483 g/mol. The van der Waals surface area contributed by atoms with Gasteiger partial charge in [-0.3, -0.25) is 9.52 Å². The van der Waals surface area contributed by atoms with E-state index in [0.29, 0.717) is 36.0 Å². The summed E-state index contributed by atoms with van der Waals surface area (Å²) in [5, 5.41) is 0. The van der Waals surface area contributed by atoms with Crippen LogP contribution in [0.15, 0.2) is 71.6 Å². The molecule has 0 spiro atoms. The Hall–Kier alpha value is -3.72. The molecule has 1 amide bonds. The molecule has 3 aromatic rings. The molecule has 9 heteroatoms. The first-order valence-electron chi connectivity index (χ1n) is 10.7. The van der Waals surface area contributed by atoms with Crippen LogP contribution in [-0.4, -0.2) is 46.6 Å². The lowest BCUT2D eigenvalue weighted by atomic mass is 10.1. The summed E-state index contributed by atoms with van der Waals surface area (Å²) in [7, 11) is -0.506. The van der Waals surface area contributed by atoms with Gasteiger partial charge in [0.05, 0.1) is 18.0 Å². The molecule has 1 aliphatic heterocycles. The molecule has 4 rings (SSSR count). The summed E-state index contributed by atoms with van der Waals surface area (Å²) >= 11 is 0. The van der Waals surface area contributed by atoms with E-state index in [1.807, 2.05) is 31.2 Å². The smallest absolute Gasteiger partial charge is 0.262 e. The SMILES string of the molecule is COc1ccc(C(C)N(C)C(=O)c2ccc(NS(=O)(=O)c3ccc4c(c3)OCCO4)cc2)cc1. The number of sulfonamides is 1. The van der Waals surface area contributed by atoms with Crippen LogP contribution >= 0.6 is 0 Å². The van der Waals surface area contributed by atoms with Gasteiger partial charge in [0.15, 0.2) is 11.5 Å². The Morgan fingerprint density at radius 2 is 1.62 bits per heavy atom. The van der Waals surface area contributed by atoms with Crippen molar-refractivity contribution in [1.29, 1.82) is 0 Å². The highest BCUT2D eigenvalue weighted by Gasteiger charge is 2.21. The van der Waals surface area contributed by atoms with Crippen molar-refractivity contribution in [3.8, 4) is 17.2 Å². The van der Waals surface area contributed by atoms with Crippen molar-refractivity contribution < 1.29 is 27.4 Å². The second kappa shape index (κ2) is 9.64. The predicted molar refractivity (Wildman–Crippen MR) is 128 cm³/mol. The fourth-order valence-corrected chi connectivity index (χ4v) is 4.64. The second-order valence-corrected chi connectivity index (χ2v) is 9.54. The zero-order valence-corrected chi connectivity index (χ0v) is 20.0. The van der Waals surface area contributed by atoms with Crippen LogP contribution in [0.25, 0.3) is 0 Å². The molecular weight excluding hydrogens is 456 g/mol. The van der Waals surface area contributed by atoms with Crippen molar-refractivity contribution in [1.82, 2.24) is 4.90 Å². The Morgan fingerprint density at radius 3 is 2.26 bits per heavy atom. The summed E-state index contributed by atoms with van der Waals surface area (Å²) in [4.78, 5) is 14.7. The van der Waals surface area contributed by atoms with Crippen molar-refractivity contribution >= 4 is 21.6 Å². The monoisotopic (exact) mass is 482 g/mol. The third kappa shape index (κ3) is 4.94. The number of hydrogen-bond acceptors (Lipinski definition) is 6. The van der Waals surface area contributed by atoms with E-state index >= 15 is 0 Å². The van der Waals surface area contributed by atoms with Crippen LogP contribution in [0.5, 0.6) is 17.2 Å². The molecule has 0 aliphatic carbocycles. The van der Waals surface area contributed by atoms with Crippen molar-refractivity contribution in [2.45, 2.75) is 17.9 Å². The lowest BCUT2D eigenvalue weighted by molar-refractivity contribution is 0.0742. The number of amides is 1. The third-order valence-electron chi connectivity index (χ3n) is 5.71. The number of fused-ring (bicyclic) bond motifs is 1. The summed E-state index contributed by atoms with van der Waals surface area (Å²) in [6, 6.07) is 18.2. The van der Waals surface area contributed by atoms with Crippen LogP contribution in [0.1, 0.15) is 28.9 Å². The van der Waals surface area contributed by atoms with Crippen molar-refractivity contribution in [2.24, 2.45) is 0 Å². The molecule has 1 N–H and O–H groups in total. The summed E-state index contributed by atoms with van der Waals surface area (Å²) in [6.07, 6.45) is 0. The number of hydrogen-bond donors (Lipinski definition) is 1. The van der Waals surface area contributed by atoms with E-state index in [4.69, 9.17) is 14.2 Å². The standard InChI is InChI=1S/C25H26N2O6S/c1-17(18-6-10-21(31-3)11-7-18)27(2)25(28)19-4-8-20(9-5-19)26-34(29,30)22-12-13-23-24(16-22)33-15-14-32-23/h4-13,16-17,26H,14-15H2,1-3H3. The Morgan fingerprint density at radius 1 is 0.971 bits per heavy atom. The molecule has 8 nitrogen and oxygen atoms in total. The normalized spacial score (nSPS) is 13.6. The number of ether oxygens (including phenoxy) is 3. The highest BCUT2D eigenvalue weighted by atomic mass is 32.2. The molecular formula is C25H26N2O6S. The third-order valence-corrected chi connectivity index (χ3v) is 7.09. The minimum atomic E-state index is -3.84. The number of nitrogens with zero attached hydrogens (tertiary/aromatic N) is 1. The van der Waals surface area contributed by atoms with Crippen molar-refractivity contribution in [3.05, 3.63) is 77.9 Å². The molecule has 1 unspecified atom stereocenters. The first-order chi connectivity index (χ1) is 16.3. The predicted octanol–water partition coefficient (Wildman–Crippen LogP) is 4.10. The first kappa shape index (κ1) is 23.4. The van der Waals surface area contributed by atoms with E-state index in [1.165, 1.54) is 12.1 Å². The molecule has 0 bridgehead atoms. The van der Waals surface area contributed by atoms with E-state index in [-0.39, 0.29) is 16.8 Å². The van der Waals surface area contributed by atoms with E-state index < -0.39 is 10.0 Å². The summed E-state index contributed by atoms with van der Waals surface area (Å²) in [5.74, 6) is 1.48. The van der Waals surface area contributed by atoms with Crippen molar-refractivity contribution in [2.75, 3.05) is 32.1 Å². The first-order valence-corrected chi connectivity index (χ1v) is 12.2. The van der Waals surface area contributed by atoms with Gasteiger partial charge in [-0.1, -0.05) is 12.1 Å². The van der Waals surface area contributed by atoms with Gasteiger partial charge in [0, 0.05) is 24.4 Å². The Kier molecular flexibility index (Phi) is 6.65. The van der Waals surface area contributed by atoms with Gasteiger partial charge in [-0.05, 0) is 61.0 Å². The van der Waals surface area contributed by atoms with Crippen LogP contribution < -0.4 is 18.9 Å².